The summed E-state index contributed by atoms with van der Waals surface area (Å²) < 4.78 is 32.5. The van der Waals surface area contributed by atoms with Gasteiger partial charge in [0.1, 0.15) is 5.69 Å². The maximum atomic E-state index is 13.4. The molecule has 1 unspecified atom stereocenters. The van der Waals surface area contributed by atoms with Crippen LogP contribution in [0.1, 0.15) is 86.6 Å². The molecule has 2 amide bonds. The van der Waals surface area contributed by atoms with Crippen molar-refractivity contribution in [3.8, 4) is 0 Å². The number of sulfone groups is 1. The number of likely N-dealkylation sites (tertiary alicyclic amines) is 1. The molecule has 3 aliphatic rings. The molecule has 2 aromatic rings. The molecule has 1 aliphatic carbocycles. The van der Waals surface area contributed by atoms with Crippen molar-refractivity contribution in [3.05, 3.63) is 41.2 Å². The molecule has 3 heterocycles. The zero-order chi connectivity index (χ0) is 30.6. The fourth-order valence-corrected chi connectivity index (χ4v) is 6.95. The van der Waals surface area contributed by atoms with Crippen molar-refractivity contribution >= 4 is 33.8 Å². The number of piperidine rings is 1. The molecule has 0 radical (unpaired) electrons. The number of hydrogen-bond donors (Lipinski definition) is 2. The second-order valence-corrected chi connectivity index (χ2v) is 14.3. The zero-order valence-corrected chi connectivity index (χ0v) is 26.2. The number of fused-ring (bicyclic) bond motifs is 1. The summed E-state index contributed by atoms with van der Waals surface area (Å²) in [6, 6.07) is 6.14. The Morgan fingerprint density at radius 2 is 1.84 bits per heavy atom. The Hall–Kier alpha value is -3.09. The topological polar surface area (TPSA) is 135 Å². The molecule has 2 aliphatic heterocycles. The first-order valence-electron chi connectivity index (χ1n) is 15.5. The van der Waals surface area contributed by atoms with E-state index >= 15 is 0 Å². The highest BCUT2D eigenvalue weighted by Crippen LogP contribution is 2.37. The maximum Gasteiger partial charge on any atom is 0.258 e. The van der Waals surface area contributed by atoms with Gasteiger partial charge in [0, 0.05) is 42.8 Å². The molecule has 12 heteroatoms. The van der Waals surface area contributed by atoms with Crippen LogP contribution in [0, 0.1) is 5.92 Å². The lowest BCUT2D eigenvalue weighted by Gasteiger charge is -2.32. The van der Waals surface area contributed by atoms with Gasteiger partial charge in [-0.1, -0.05) is 12.5 Å². The fraction of sp³-hybridized carbons (Fsp3) is 0.613. The lowest BCUT2D eigenvalue weighted by molar-refractivity contribution is -0.126. The predicted octanol–water partition coefficient (Wildman–Crippen LogP) is 3.60. The third kappa shape index (κ3) is 7.90. The molecule has 1 saturated carbocycles. The van der Waals surface area contributed by atoms with E-state index in [9.17, 15) is 18.0 Å². The summed E-state index contributed by atoms with van der Waals surface area (Å²) in [4.78, 5) is 38.0. The number of ether oxygens (including phenoxy) is 1. The Bertz CT molecular complexity index is 1440. The number of amides is 2. The van der Waals surface area contributed by atoms with Crippen LogP contribution >= 0.6 is 0 Å². The molecule has 1 saturated heterocycles. The van der Waals surface area contributed by atoms with Gasteiger partial charge in [0.15, 0.2) is 16.1 Å². The molecular formula is C31H44N6O5S. The van der Waals surface area contributed by atoms with Gasteiger partial charge in [-0.2, -0.15) is 0 Å². The van der Waals surface area contributed by atoms with Crippen LogP contribution in [0.25, 0.3) is 0 Å². The van der Waals surface area contributed by atoms with Crippen molar-refractivity contribution in [2.75, 3.05) is 37.8 Å². The summed E-state index contributed by atoms with van der Waals surface area (Å²) in [5, 5.41) is 5.99. The molecule has 2 N–H and O–H groups in total. The van der Waals surface area contributed by atoms with Gasteiger partial charge in [0.25, 0.3) is 5.91 Å². The lowest BCUT2D eigenvalue weighted by Crippen LogP contribution is -2.37. The summed E-state index contributed by atoms with van der Waals surface area (Å²) in [6.07, 6.45) is 9.82. The molecule has 1 aromatic carbocycles. The number of nitrogens with one attached hydrogen (secondary N) is 2. The van der Waals surface area contributed by atoms with Crippen LogP contribution in [0.5, 0.6) is 0 Å². The Morgan fingerprint density at radius 3 is 2.53 bits per heavy atom. The minimum atomic E-state index is -3.47. The Morgan fingerprint density at radius 1 is 1.09 bits per heavy atom. The minimum Gasteiger partial charge on any atom is -0.355 e. The Kier molecular flexibility index (Phi) is 9.98. The molecule has 43 heavy (non-hydrogen) atoms. The van der Waals surface area contributed by atoms with Crippen LogP contribution < -0.4 is 10.6 Å². The minimum absolute atomic E-state index is 0.0394. The van der Waals surface area contributed by atoms with E-state index in [1.54, 1.807) is 18.3 Å². The van der Waals surface area contributed by atoms with Gasteiger partial charge in [-0.3, -0.25) is 19.9 Å². The number of nitrogens with zero attached hydrogens (tertiary/aromatic N) is 4. The SMILES string of the molecule is CC(C)NC(=O)C1CCC(n2c(NC(=O)c3cccc(S(C)(=O)=O)c3)nc3c2CC(OCCN2CCCCC2)N=C3)CC1. The zero-order valence-electron chi connectivity index (χ0n) is 25.4. The second kappa shape index (κ2) is 13.7. The van der Waals surface area contributed by atoms with Gasteiger partial charge in [-0.15, -0.1) is 0 Å². The van der Waals surface area contributed by atoms with Crippen molar-refractivity contribution in [3.63, 3.8) is 0 Å². The van der Waals surface area contributed by atoms with E-state index in [0.29, 0.717) is 24.7 Å². The van der Waals surface area contributed by atoms with Gasteiger partial charge >= 0.3 is 0 Å². The van der Waals surface area contributed by atoms with Gasteiger partial charge in [0.2, 0.25) is 11.9 Å². The van der Waals surface area contributed by atoms with E-state index in [4.69, 9.17) is 9.72 Å². The van der Waals surface area contributed by atoms with Crippen LogP contribution in [0.2, 0.25) is 0 Å². The summed E-state index contributed by atoms with van der Waals surface area (Å²) in [7, 11) is -3.47. The van der Waals surface area contributed by atoms with Crippen LogP contribution in [0.15, 0.2) is 34.2 Å². The molecule has 5 rings (SSSR count). The average Bonchev–Trinajstić information content (AvgIpc) is 3.34. The van der Waals surface area contributed by atoms with Crippen LogP contribution in [0.4, 0.5) is 5.95 Å². The van der Waals surface area contributed by atoms with Crippen LogP contribution in [-0.2, 0) is 25.8 Å². The van der Waals surface area contributed by atoms with Gasteiger partial charge < -0.3 is 19.5 Å². The molecule has 1 atom stereocenters. The number of aliphatic imine (C=N–C) groups is 1. The summed E-state index contributed by atoms with van der Waals surface area (Å²) >= 11 is 0. The normalized spacial score (nSPS) is 22.7. The van der Waals surface area contributed by atoms with Crippen molar-refractivity contribution in [2.24, 2.45) is 10.9 Å². The number of hydrogen-bond acceptors (Lipinski definition) is 8. The second-order valence-electron chi connectivity index (χ2n) is 12.3. The summed E-state index contributed by atoms with van der Waals surface area (Å²) in [6.45, 7) is 7.64. The summed E-state index contributed by atoms with van der Waals surface area (Å²) in [5.41, 5.74) is 1.88. The largest absolute Gasteiger partial charge is 0.355 e. The van der Waals surface area contributed by atoms with E-state index in [-0.39, 0.29) is 40.6 Å². The average molecular weight is 613 g/mol. The number of rotatable bonds is 10. The molecule has 2 fully saturated rings. The molecule has 234 valence electrons. The van der Waals surface area contributed by atoms with E-state index in [2.05, 4.69) is 25.1 Å². The van der Waals surface area contributed by atoms with Crippen molar-refractivity contribution in [1.82, 2.24) is 19.8 Å². The molecule has 0 spiro atoms. The first kappa shape index (κ1) is 31.3. The highest BCUT2D eigenvalue weighted by Gasteiger charge is 2.33. The number of carbonyl (C=O) groups is 2. The number of anilines is 1. The standard InChI is InChI=1S/C31H44N6O5S/c1-21(2)33-29(38)22-10-12-24(13-11-22)37-27-19-28(42-17-16-36-14-5-4-6-15-36)32-20-26(27)34-31(37)35-30(39)23-8-7-9-25(18-23)43(3,40)41/h7-9,18,20-22,24,28H,4-6,10-17,19H2,1-3H3,(H,33,38)(H,34,35,39). The number of benzene rings is 1. The monoisotopic (exact) mass is 612 g/mol. The fourth-order valence-electron chi connectivity index (χ4n) is 6.29. The van der Waals surface area contributed by atoms with Gasteiger partial charge in [-0.25, -0.2) is 13.4 Å². The lowest BCUT2D eigenvalue weighted by atomic mass is 9.85. The van der Waals surface area contributed by atoms with Gasteiger partial charge in [-0.05, 0) is 83.7 Å². The molecule has 11 nitrogen and oxygen atoms in total. The summed E-state index contributed by atoms with van der Waals surface area (Å²) in [5.74, 6) is 0.0116. The number of aromatic nitrogens is 2. The molecule has 1 aromatic heterocycles. The third-order valence-electron chi connectivity index (χ3n) is 8.55. The van der Waals surface area contributed by atoms with Gasteiger partial charge in [0.05, 0.1) is 23.4 Å². The van der Waals surface area contributed by atoms with Crippen molar-refractivity contribution in [1.29, 1.82) is 0 Å². The van der Waals surface area contributed by atoms with E-state index < -0.39 is 15.7 Å². The third-order valence-corrected chi connectivity index (χ3v) is 9.66. The number of carbonyl (C=O) groups excluding carboxylic acids is 2. The first-order chi connectivity index (χ1) is 20.6. The maximum absolute atomic E-state index is 13.4. The van der Waals surface area contributed by atoms with Crippen LogP contribution in [-0.4, -0.2) is 85.7 Å². The quantitative estimate of drug-likeness (QED) is 0.419. The van der Waals surface area contributed by atoms with Crippen LogP contribution in [0.3, 0.4) is 0 Å². The highest BCUT2D eigenvalue weighted by atomic mass is 32.2. The molecular weight excluding hydrogens is 568 g/mol. The molecule has 0 bridgehead atoms. The van der Waals surface area contributed by atoms with E-state index in [0.717, 1.165) is 57.3 Å². The Labute approximate surface area is 254 Å². The first-order valence-corrected chi connectivity index (χ1v) is 17.4. The Balaban J connectivity index is 1.34. The predicted molar refractivity (Wildman–Crippen MR) is 165 cm³/mol. The van der Waals surface area contributed by atoms with E-state index in [1.165, 1.54) is 31.4 Å². The van der Waals surface area contributed by atoms with Crippen molar-refractivity contribution in [2.45, 2.75) is 88.4 Å². The highest BCUT2D eigenvalue weighted by molar-refractivity contribution is 7.90. The van der Waals surface area contributed by atoms with E-state index in [1.807, 2.05) is 13.8 Å². The smallest absolute Gasteiger partial charge is 0.258 e. The number of imidazole rings is 1. The van der Waals surface area contributed by atoms with Crippen molar-refractivity contribution < 1.29 is 22.7 Å².